The van der Waals surface area contributed by atoms with Gasteiger partial charge < -0.3 is 10.2 Å². The average Bonchev–Trinajstić information content (AvgIpc) is 2.55. The number of hydrogen-bond acceptors (Lipinski definition) is 2. The normalized spacial score (nSPS) is 11.0. The van der Waals surface area contributed by atoms with Crippen molar-refractivity contribution in [3.63, 3.8) is 0 Å². The number of aliphatic hydroxyl groups excluding tert-OH is 2. The van der Waals surface area contributed by atoms with E-state index in [0.717, 1.165) is 8.95 Å². The minimum atomic E-state index is 0. The predicted octanol–water partition coefficient (Wildman–Crippen LogP) is 5.61. The summed E-state index contributed by atoms with van der Waals surface area (Å²) in [5.74, 6) is 0.292. The Morgan fingerprint density at radius 1 is 0.704 bits per heavy atom. The van der Waals surface area contributed by atoms with Crippen LogP contribution in [0.5, 0.6) is 0 Å². The van der Waals surface area contributed by atoms with Gasteiger partial charge in [-0.25, -0.2) is 0 Å². The molecule has 0 aliphatic heterocycles. The second kappa shape index (κ2) is 12.8. The van der Waals surface area contributed by atoms with Crippen LogP contribution in [0.3, 0.4) is 0 Å². The van der Waals surface area contributed by atoms with Gasteiger partial charge in [-0.2, -0.15) is 0 Å². The predicted molar refractivity (Wildman–Crippen MR) is 113 cm³/mol. The molecule has 0 unspecified atom stereocenters. The number of halogens is 2. The van der Waals surface area contributed by atoms with Crippen molar-refractivity contribution in [1.29, 1.82) is 0 Å². The van der Waals surface area contributed by atoms with E-state index in [-0.39, 0.29) is 44.8 Å². The van der Waals surface area contributed by atoms with Crippen molar-refractivity contribution in [2.75, 3.05) is 0 Å². The first-order valence-corrected chi connectivity index (χ1v) is 9.16. The number of allylic oxidation sites excluding steroid dienone is 4. The fourth-order valence-electron chi connectivity index (χ4n) is 1.80. The molecule has 4 N–H and O–H groups in total. The molecule has 0 saturated carbocycles. The summed E-state index contributed by atoms with van der Waals surface area (Å²) < 4.78 is 1.91. The fraction of sp³-hybridized carbons (Fsp3) is 0.100. The van der Waals surface area contributed by atoms with Gasteiger partial charge in [-0.05, 0) is 62.4 Å². The Kier molecular flexibility index (Phi) is 12.1. The second-order valence-electron chi connectivity index (χ2n) is 5.36. The molecule has 27 heavy (non-hydrogen) atoms. The molecule has 0 heterocycles. The topological polar surface area (TPSA) is 83.3 Å². The first kappa shape index (κ1) is 25.5. The van der Waals surface area contributed by atoms with Gasteiger partial charge in [0, 0.05) is 30.7 Å². The summed E-state index contributed by atoms with van der Waals surface area (Å²) in [6.45, 7) is 3.02. The summed E-state index contributed by atoms with van der Waals surface area (Å²) in [5.41, 5.74) is 1.35. The van der Waals surface area contributed by atoms with Crippen LogP contribution in [0.1, 0.15) is 25.0 Å². The van der Waals surface area contributed by atoms with Crippen LogP contribution in [0.15, 0.2) is 81.1 Å². The standard InChI is InChI=1S/2C10H9BrO2.Ti/c2*1-7(12)6-10(13)8-2-4-9(11)5-3-8;/h2*2-6,12H,1H3;/p+2/b2*7-6-;. The van der Waals surface area contributed by atoms with E-state index in [1.165, 1.54) is 26.0 Å². The molecule has 0 spiro atoms. The quantitative estimate of drug-likeness (QED) is 0.177. The molecule has 0 aromatic heterocycles. The van der Waals surface area contributed by atoms with Crippen LogP contribution in [0.4, 0.5) is 0 Å². The van der Waals surface area contributed by atoms with Crippen LogP contribution < -0.4 is 0 Å². The van der Waals surface area contributed by atoms with E-state index in [1.807, 2.05) is 24.3 Å². The van der Waals surface area contributed by atoms with Gasteiger partial charge >= 0.3 is 11.6 Å². The summed E-state index contributed by atoms with van der Waals surface area (Å²) >= 11 is 6.58. The third-order valence-corrected chi connectivity index (χ3v) is 4.03. The zero-order valence-corrected chi connectivity index (χ0v) is 19.6. The van der Waals surface area contributed by atoms with Crippen LogP contribution in [0.25, 0.3) is 0 Å². The minimum Gasteiger partial charge on any atom is -0.512 e. The van der Waals surface area contributed by atoms with Crippen LogP contribution >= 0.6 is 31.9 Å². The van der Waals surface area contributed by atoms with Crippen molar-refractivity contribution in [1.82, 2.24) is 0 Å². The van der Waals surface area contributed by atoms with Gasteiger partial charge in [0.1, 0.15) is 0 Å². The van der Waals surface area contributed by atoms with Crippen molar-refractivity contribution in [2.45, 2.75) is 13.8 Å². The molecule has 4 nitrogen and oxygen atoms in total. The van der Waals surface area contributed by atoms with E-state index in [9.17, 15) is 9.59 Å². The van der Waals surface area contributed by atoms with Crippen LogP contribution in [-0.2, 0) is 21.7 Å². The summed E-state index contributed by atoms with van der Waals surface area (Å²) in [6, 6.07) is 14.4. The Hall–Kier alpha value is -1.47. The van der Waals surface area contributed by atoms with Gasteiger partial charge in [0.15, 0.2) is 0 Å². The van der Waals surface area contributed by atoms with E-state index in [4.69, 9.17) is 10.2 Å². The van der Waals surface area contributed by atoms with Gasteiger partial charge in [-0.3, -0.25) is 9.59 Å². The molecular weight excluding hydrogens is 512 g/mol. The van der Waals surface area contributed by atoms with Crippen molar-refractivity contribution in [2.24, 2.45) is 0 Å². The maximum absolute atomic E-state index is 9.45. The Bertz CT molecular complexity index is 747. The third kappa shape index (κ3) is 10.4. The number of benzene rings is 2. The van der Waals surface area contributed by atoms with E-state index >= 15 is 0 Å². The van der Waals surface area contributed by atoms with Crippen molar-refractivity contribution in [3.8, 4) is 0 Å². The first-order valence-electron chi connectivity index (χ1n) is 7.57. The smallest absolute Gasteiger partial charge is 0.350 e. The average molecular weight is 532 g/mol. The number of rotatable bonds is 4. The SMILES string of the molecule is C/C(O)=C/C(=[OH+])c1ccc(Br)cc1.C/C(O)=C/C(=[OH+])c1ccc(Br)cc1.[Ti]. The van der Waals surface area contributed by atoms with Gasteiger partial charge in [-0.15, -0.1) is 0 Å². The third-order valence-electron chi connectivity index (χ3n) is 2.97. The molecule has 0 radical (unpaired) electrons. The van der Waals surface area contributed by atoms with Crippen LogP contribution in [-0.4, -0.2) is 31.4 Å². The summed E-state index contributed by atoms with van der Waals surface area (Å²) in [4.78, 5) is 18.9. The molecule has 2 aromatic carbocycles. The molecule has 0 bridgehead atoms. The second-order valence-corrected chi connectivity index (χ2v) is 7.19. The number of aliphatic hydroxyl groups is 2. The van der Waals surface area contributed by atoms with Crippen molar-refractivity contribution in [3.05, 3.63) is 92.3 Å². The zero-order valence-electron chi connectivity index (χ0n) is 14.8. The van der Waals surface area contributed by atoms with E-state index in [2.05, 4.69) is 31.9 Å². The van der Waals surface area contributed by atoms with E-state index < -0.39 is 0 Å². The zero-order chi connectivity index (χ0) is 19.7. The number of carbonyl (C=O) groups excluding carboxylic acids is 2. The molecule has 0 aliphatic carbocycles. The molecule has 0 aliphatic rings. The van der Waals surface area contributed by atoms with Crippen LogP contribution in [0, 0.1) is 0 Å². The van der Waals surface area contributed by atoms with E-state index in [1.54, 1.807) is 24.3 Å². The van der Waals surface area contributed by atoms with Crippen molar-refractivity contribution < 1.29 is 41.5 Å². The fourth-order valence-corrected chi connectivity index (χ4v) is 2.33. The Morgan fingerprint density at radius 3 is 1.19 bits per heavy atom. The number of hydrogen-bond donors (Lipinski definition) is 2. The van der Waals surface area contributed by atoms with Gasteiger partial charge in [0.05, 0.1) is 34.8 Å². The largest absolute Gasteiger partial charge is 0.512 e. The molecule has 2 rings (SSSR count). The maximum atomic E-state index is 9.45. The molecule has 140 valence electrons. The van der Waals surface area contributed by atoms with E-state index in [0.29, 0.717) is 11.1 Å². The molecule has 2 aromatic rings. The Labute approximate surface area is 190 Å². The van der Waals surface area contributed by atoms with Crippen LogP contribution in [0.2, 0.25) is 0 Å². The minimum absolute atomic E-state index is 0. The maximum Gasteiger partial charge on any atom is 0.350 e. The summed E-state index contributed by atoms with van der Waals surface area (Å²) in [7, 11) is 0. The Balaban J connectivity index is 0.000000483. The summed E-state index contributed by atoms with van der Waals surface area (Å²) in [5, 5.41) is 17.8. The molecule has 0 amide bonds. The molecule has 7 heteroatoms. The number of ketones is 2. The molecular formula is C20H20Br2O4Ti+2. The van der Waals surface area contributed by atoms with Gasteiger partial charge in [0.2, 0.25) is 0 Å². The first-order chi connectivity index (χ1) is 12.2. The monoisotopic (exact) mass is 530 g/mol. The Morgan fingerprint density at radius 2 is 0.963 bits per heavy atom. The molecule has 0 atom stereocenters. The molecule has 0 fully saturated rings. The molecule has 0 saturated heterocycles. The summed E-state index contributed by atoms with van der Waals surface area (Å²) in [6.07, 6.45) is 2.62. The van der Waals surface area contributed by atoms with Gasteiger partial charge in [0.25, 0.3) is 0 Å². The van der Waals surface area contributed by atoms with Crippen molar-refractivity contribution >= 4 is 43.4 Å². The van der Waals surface area contributed by atoms with Gasteiger partial charge in [-0.1, -0.05) is 31.9 Å².